The third kappa shape index (κ3) is 4.99. The molecule has 0 saturated heterocycles. The van der Waals surface area contributed by atoms with Gasteiger partial charge in [0.15, 0.2) is 0 Å². The first-order chi connectivity index (χ1) is 9.56. The fourth-order valence-corrected chi connectivity index (χ4v) is 2.63. The van der Waals surface area contributed by atoms with Crippen LogP contribution in [0.3, 0.4) is 0 Å². The molecule has 0 saturated carbocycles. The van der Waals surface area contributed by atoms with Gasteiger partial charge in [0.1, 0.15) is 0 Å². The van der Waals surface area contributed by atoms with Gasteiger partial charge in [-0.1, -0.05) is 18.2 Å². The lowest BCUT2D eigenvalue weighted by Crippen LogP contribution is -2.37. The minimum Gasteiger partial charge on any atom is -0.289 e. The topological polar surface area (TPSA) is 86.7 Å². The number of likely N-dealkylation sites (N-methyl/N-ethyl adjacent to an activating group) is 1. The quantitative estimate of drug-likeness (QED) is 0.624. The number of nitrogens with one attached hydrogen (secondary N) is 1. The zero-order valence-electron chi connectivity index (χ0n) is 10.9. The SMILES string of the molecule is CN(CC(=O)NO)S(=O)(=O)Cc1cccc(C(F)(F)F)c1. The molecule has 0 aliphatic rings. The van der Waals surface area contributed by atoms with Crippen molar-refractivity contribution in [3.8, 4) is 0 Å². The van der Waals surface area contributed by atoms with Crippen LogP contribution < -0.4 is 5.48 Å². The molecule has 1 rings (SSSR count). The Labute approximate surface area is 119 Å². The number of nitrogens with zero attached hydrogens (tertiary/aromatic N) is 1. The summed E-state index contributed by atoms with van der Waals surface area (Å²) in [5.74, 6) is -1.64. The van der Waals surface area contributed by atoms with Crippen LogP contribution in [-0.4, -0.2) is 37.4 Å². The molecule has 0 atom stereocenters. The molecule has 0 radical (unpaired) electrons. The summed E-state index contributed by atoms with van der Waals surface area (Å²) in [6.07, 6.45) is -4.57. The number of amides is 1. The lowest BCUT2D eigenvalue weighted by molar-refractivity contribution is -0.137. The monoisotopic (exact) mass is 326 g/mol. The van der Waals surface area contributed by atoms with E-state index in [2.05, 4.69) is 0 Å². The summed E-state index contributed by atoms with van der Waals surface area (Å²) in [6.45, 7) is -0.641. The van der Waals surface area contributed by atoms with Crippen LogP contribution in [0, 0.1) is 0 Å². The van der Waals surface area contributed by atoms with Gasteiger partial charge in [0.25, 0.3) is 5.91 Å². The molecule has 1 amide bonds. The van der Waals surface area contributed by atoms with E-state index >= 15 is 0 Å². The Morgan fingerprint density at radius 3 is 2.52 bits per heavy atom. The van der Waals surface area contributed by atoms with E-state index in [4.69, 9.17) is 5.21 Å². The number of halogens is 3. The summed E-state index contributed by atoms with van der Waals surface area (Å²) in [5, 5.41) is 8.32. The lowest BCUT2D eigenvalue weighted by atomic mass is 10.1. The first-order valence-electron chi connectivity index (χ1n) is 5.59. The van der Waals surface area contributed by atoms with E-state index in [1.807, 2.05) is 0 Å². The van der Waals surface area contributed by atoms with Crippen molar-refractivity contribution in [2.75, 3.05) is 13.6 Å². The molecule has 0 aromatic heterocycles. The summed E-state index contributed by atoms with van der Waals surface area (Å²) in [6, 6.07) is 3.91. The van der Waals surface area contributed by atoms with Crippen LogP contribution in [0.25, 0.3) is 0 Å². The summed E-state index contributed by atoms with van der Waals surface area (Å²) >= 11 is 0. The molecule has 0 aliphatic carbocycles. The number of hydrogen-bond acceptors (Lipinski definition) is 4. The van der Waals surface area contributed by atoms with Gasteiger partial charge in [0, 0.05) is 7.05 Å². The van der Waals surface area contributed by atoms with E-state index in [1.165, 1.54) is 11.5 Å². The first kappa shape index (κ1) is 17.4. The number of alkyl halides is 3. The fourth-order valence-electron chi connectivity index (χ4n) is 1.49. The van der Waals surface area contributed by atoms with E-state index in [0.717, 1.165) is 25.2 Å². The Bertz CT molecular complexity index is 616. The van der Waals surface area contributed by atoms with E-state index in [0.29, 0.717) is 4.31 Å². The molecule has 0 fully saturated rings. The number of rotatable bonds is 5. The highest BCUT2D eigenvalue weighted by atomic mass is 32.2. The first-order valence-corrected chi connectivity index (χ1v) is 7.20. The Hall–Kier alpha value is -1.65. The molecule has 6 nitrogen and oxygen atoms in total. The molecule has 118 valence electrons. The summed E-state index contributed by atoms with van der Waals surface area (Å²) in [4.78, 5) is 10.9. The normalized spacial score (nSPS) is 12.5. The number of hydroxylamine groups is 1. The van der Waals surface area contributed by atoms with Crippen molar-refractivity contribution >= 4 is 15.9 Å². The summed E-state index contributed by atoms with van der Waals surface area (Å²) < 4.78 is 62.0. The van der Waals surface area contributed by atoms with Crippen molar-refractivity contribution in [2.24, 2.45) is 0 Å². The lowest BCUT2D eigenvalue weighted by Gasteiger charge is -2.16. The molecular formula is C11H13F3N2O4S. The standard InChI is InChI=1S/C11H13F3N2O4S/c1-16(6-10(17)15-18)21(19,20)7-8-3-2-4-9(5-8)11(12,13)14/h2-5,18H,6-7H2,1H3,(H,15,17). The van der Waals surface area contributed by atoms with Crippen molar-refractivity contribution in [1.29, 1.82) is 0 Å². The number of benzene rings is 1. The van der Waals surface area contributed by atoms with Crippen LogP contribution in [0.5, 0.6) is 0 Å². The van der Waals surface area contributed by atoms with Crippen LogP contribution >= 0.6 is 0 Å². The highest BCUT2D eigenvalue weighted by Crippen LogP contribution is 2.29. The minimum absolute atomic E-state index is 0.0546. The number of hydrogen-bond donors (Lipinski definition) is 2. The largest absolute Gasteiger partial charge is 0.416 e. The molecule has 0 unspecified atom stereocenters. The molecule has 0 bridgehead atoms. The van der Waals surface area contributed by atoms with Crippen LogP contribution in [0.15, 0.2) is 24.3 Å². The summed E-state index contributed by atoms with van der Waals surface area (Å²) in [7, 11) is -2.91. The highest BCUT2D eigenvalue weighted by molar-refractivity contribution is 7.88. The second-order valence-electron chi connectivity index (χ2n) is 4.25. The maximum atomic E-state index is 12.5. The summed E-state index contributed by atoms with van der Waals surface area (Å²) in [5.41, 5.74) is 0.260. The van der Waals surface area contributed by atoms with E-state index in [9.17, 15) is 26.4 Å². The maximum Gasteiger partial charge on any atom is 0.416 e. The zero-order valence-corrected chi connectivity index (χ0v) is 11.7. The number of carbonyl (C=O) groups is 1. The van der Waals surface area contributed by atoms with E-state index in [1.54, 1.807) is 0 Å². The van der Waals surface area contributed by atoms with Gasteiger partial charge in [0.05, 0.1) is 17.9 Å². The van der Waals surface area contributed by atoms with Crippen LogP contribution in [0.2, 0.25) is 0 Å². The minimum atomic E-state index is -4.57. The molecule has 1 aromatic rings. The van der Waals surface area contributed by atoms with Gasteiger partial charge < -0.3 is 0 Å². The average Bonchev–Trinajstić information content (AvgIpc) is 2.37. The highest BCUT2D eigenvalue weighted by Gasteiger charge is 2.31. The Balaban J connectivity index is 2.92. The van der Waals surface area contributed by atoms with Crippen molar-refractivity contribution < 1.29 is 31.6 Å². The predicted octanol–water partition coefficient (Wildman–Crippen LogP) is 0.972. The van der Waals surface area contributed by atoms with Crippen LogP contribution in [0.1, 0.15) is 11.1 Å². The molecule has 21 heavy (non-hydrogen) atoms. The second kappa shape index (κ2) is 6.41. The number of sulfonamides is 1. The van der Waals surface area contributed by atoms with E-state index in [-0.39, 0.29) is 5.56 Å². The van der Waals surface area contributed by atoms with Gasteiger partial charge in [-0.15, -0.1) is 0 Å². The Morgan fingerprint density at radius 1 is 1.38 bits per heavy atom. The van der Waals surface area contributed by atoms with Gasteiger partial charge in [0.2, 0.25) is 10.0 Å². The van der Waals surface area contributed by atoms with Gasteiger partial charge in [-0.3, -0.25) is 10.0 Å². The van der Waals surface area contributed by atoms with Crippen molar-refractivity contribution in [2.45, 2.75) is 11.9 Å². The van der Waals surface area contributed by atoms with Crippen LogP contribution in [-0.2, 0) is 26.7 Å². The third-order valence-electron chi connectivity index (χ3n) is 2.57. The molecular weight excluding hydrogens is 313 g/mol. The van der Waals surface area contributed by atoms with Gasteiger partial charge in [-0.05, 0) is 11.6 Å². The Kier molecular flexibility index (Phi) is 5.31. The molecule has 10 heteroatoms. The Morgan fingerprint density at radius 2 is 2.00 bits per heavy atom. The van der Waals surface area contributed by atoms with E-state index < -0.39 is 40.0 Å². The van der Waals surface area contributed by atoms with Crippen molar-refractivity contribution in [1.82, 2.24) is 9.79 Å². The van der Waals surface area contributed by atoms with Crippen molar-refractivity contribution in [3.05, 3.63) is 35.4 Å². The fraction of sp³-hybridized carbons (Fsp3) is 0.364. The molecule has 2 N–H and O–H groups in total. The molecule has 1 aromatic carbocycles. The van der Waals surface area contributed by atoms with Gasteiger partial charge in [-0.25, -0.2) is 13.9 Å². The zero-order chi connectivity index (χ0) is 16.3. The van der Waals surface area contributed by atoms with Crippen molar-refractivity contribution in [3.63, 3.8) is 0 Å². The molecule has 0 heterocycles. The molecule has 0 aliphatic heterocycles. The average molecular weight is 326 g/mol. The third-order valence-corrected chi connectivity index (χ3v) is 4.35. The predicted molar refractivity (Wildman–Crippen MR) is 66.6 cm³/mol. The van der Waals surface area contributed by atoms with Gasteiger partial charge in [-0.2, -0.15) is 17.5 Å². The number of carbonyl (C=O) groups excluding carboxylic acids is 1. The van der Waals surface area contributed by atoms with Gasteiger partial charge >= 0.3 is 6.18 Å². The molecule has 0 spiro atoms. The maximum absolute atomic E-state index is 12.5. The smallest absolute Gasteiger partial charge is 0.289 e. The van der Waals surface area contributed by atoms with Crippen LogP contribution in [0.4, 0.5) is 13.2 Å². The second-order valence-corrected chi connectivity index (χ2v) is 6.32.